The number of aromatic nitrogens is 2. The lowest BCUT2D eigenvalue weighted by atomic mass is 10.1. The van der Waals surface area contributed by atoms with E-state index in [1.165, 1.54) is 17.8 Å². The molecule has 0 aliphatic rings. The van der Waals surface area contributed by atoms with Gasteiger partial charge in [-0.15, -0.1) is 0 Å². The summed E-state index contributed by atoms with van der Waals surface area (Å²) in [5.74, 6) is -2.11. The van der Waals surface area contributed by atoms with E-state index < -0.39 is 12.1 Å². The Balaban J connectivity index is 2.54. The van der Waals surface area contributed by atoms with Gasteiger partial charge in [-0.1, -0.05) is 30.3 Å². The van der Waals surface area contributed by atoms with Crippen molar-refractivity contribution in [2.24, 2.45) is 19.1 Å². The van der Waals surface area contributed by atoms with Crippen LogP contribution in [0, 0.1) is 0 Å². The summed E-state index contributed by atoms with van der Waals surface area (Å²) < 4.78 is 39.7. The standard InChI is InChI=1S/C13H12F3N3O/c1-18-10(9-6-4-3-5-7-9)8-11(19(18)2)17-12(20)13(14,15)16/h3-8H,1-2H3/b17-11+. The normalized spacial score (nSPS) is 12.8. The largest absolute Gasteiger partial charge is 0.473 e. The van der Waals surface area contributed by atoms with Gasteiger partial charge in [0.2, 0.25) is 0 Å². The lowest BCUT2D eigenvalue weighted by Gasteiger charge is -2.05. The van der Waals surface area contributed by atoms with Gasteiger partial charge in [0.05, 0.1) is 5.69 Å². The van der Waals surface area contributed by atoms with Crippen LogP contribution in [0.15, 0.2) is 41.4 Å². The molecule has 1 aromatic carbocycles. The Labute approximate surface area is 112 Å². The van der Waals surface area contributed by atoms with E-state index in [2.05, 4.69) is 4.99 Å². The fourth-order valence-electron chi connectivity index (χ4n) is 1.78. The van der Waals surface area contributed by atoms with E-state index in [-0.39, 0.29) is 5.49 Å². The summed E-state index contributed by atoms with van der Waals surface area (Å²) >= 11 is 0. The predicted molar refractivity (Wildman–Crippen MR) is 66.4 cm³/mol. The van der Waals surface area contributed by atoms with Crippen LogP contribution in [-0.2, 0) is 18.9 Å². The second-order valence-electron chi connectivity index (χ2n) is 4.22. The van der Waals surface area contributed by atoms with Gasteiger partial charge in [-0.3, -0.25) is 14.2 Å². The Kier molecular flexibility index (Phi) is 3.52. The highest BCUT2D eigenvalue weighted by atomic mass is 19.4. The number of amides is 1. The molecule has 0 radical (unpaired) electrons. The van der Waals surface area contributed by atoms with Crippen molar-refractivity contribution < 1.29 is 18.0 Å². The molecule has 0 saturated heterocycles. The molecule has 0 aliphatic heterocycles. The minimum Gasteiger partial charge on any atom is -0.287 e. The van der Waals surface area contributed by atoms with Crippen molar-refractivity contribution in [3.05, 3.63) is 41.9 Å². The molecule has 0 aliphatic carbocycles. The number of hydrogen-bond donors (Lipinski definition) is 0. The SMILES string of the molecule is Cn1c(-c2ccccc2)c/c(=N\C(=O)C(F)(F)F)n1C. The van der Waals surface area contributed by atoms with E-state index in [1.54, 1.807) is 11.7 Å². The molecule has 4 nitrogen and oxygen atoms in total. The van der Waals surface area contributed by atoms with Gasteiger partial charge in [0, 0.05) is 20.2 Å². The van der Waals surface area contributed by atoms with Crippen LogP contribution in [0.1, 0.15) is 0 Å². The highest BCUT2D eigenvalue weighted by Crippen LogP contribution is 2.18. The summed E-state index contributed by atoms with van der Waals surface area (Å²) in [6, 6.07) is 10.6. The molecule has 20 heavy (non-hydrogen) atoms. The second kappa shape index (κ2) is 4.99. The number of rotatable bonds is 1. The number of nitrogens with zero attached hydrogens (tertiary/aromatic N) is 3. The number of benzene rings is 1. The van der Waals surface area contributed by atoms with Gasteiger partial charge in [0.15, 0.2) is 5.49 Å². The van der Waals surface area contributed by atoms with Crippen molar-refractivity contribution in [1.29, 1.82) is 0 Å². The Morgan fingerprint density at radius 1 is 1.10 bits per heavy atom. The predicted octanol–water partition coefficient (Wildman–Crippen LogP) is 2.02. The van der Waals surface area contributed by atoms with Crippen LogP contribution in [0.5, 0.6) is 0 Å². The summed E-state index contributed by atoms with van der Waals surface area (Å²) in [5, 5.41) is 0. The van der Waals surface area contributed by atoms with Crippen LogP contribution >= 0.6 is 0 Å². The van der Waals surface area contributed by atoms with Gasteiger partial charge < -0.3 is 0 Å². The molecule has 2 rings (SSSR count). The average Bonchev–Trinajstić information content (AvgIpc) is 2.67. The summed E-state index contributed by atoms with van der Waals surface area (Å²) in [6.07, 6.45) is -4.96. The monoisotopic (exact) mass is 283 g/mol. The first-order valence-corrected chi connectivity index (χ1v) is 5.75. The fourth-order valence-corrected chi connectivity index (χ4v) is 1.78. The third-order valence-corrected chi connectivity index (χ3v) is 2.92. The smallest absolute Gasteiger partial charge is 0.287 e. The molecule has 0 saturated carbocycles. The molecule has 0 bridgehead atoms. The van der Waals surface area contributed by atoms with Gasteiger partial charge in [-0.25, -0.2) is 0 Å². The van der Waals surface area contributed by atoms with Crippen molar-refractivity contribution in [3.8, 4) is 11.3 Å². The molecule has 0 spiro atoms. The first-order chi connectivity index (χ1) is 9.30. The Morgan fingerprint density at radius 3 is 2.25 bits per heavy atom. The minimum atomic E-state index is -4.96. The van der Waals surface area contributed by atoms with Crippen molar-refractivity contribution in [2.75, 3.05) is 0 Å². The molecule has 1 aromatic heterocycles. The van der Waals surface area contributed by atoms with Gasteiger partial charge in [0.1, 0.15) is 0 Å². The first-order valence-electron chi connectivity index (χ1n) is 5.75. The zero-order valence-electron chi connectivity index (χ0n) is 10.8. The van der Waals surface area contributed by atoms with Crippen LogP contribution in [0.2, 0.25) is 0 Å². The highest BCUT2D eigenvalue weighted by Gasteiger charge is 2.38. The van der Waals surface area contributed by atoms with E-state index in [9.17, 15) is 18.0 Å². The van der Waals surface area contributed by atoms with Gasteiger partial charge in [-0.2, -0.15) is 18.2 Å². The maximum atomic E-state index is 12.2. The molecule has 2 aromatic rings. The van der Waals surface area contributed by atoms with Crippen LogP contribution < -0.4 is 5.49 Å². The summed E-state index contributed by atoms with van der Waals surface area (Å²) in [4.78, 5) is 14.0. The zero-order chi connectivity index (χ0) is 14.9. The molecule has 7 heteroatoms. The van der Waals surface area contributed by atoms with E-state index in [0.29, 0.717) is 5.69 Å². The fraction of sp³-hybridized carbons (Fsp3) is 0.231. The topological polar surface area (TPSA) is 39.3 Å². The van der Waals surface area contributed by atoms with Gasteiger partial charge >= 0.3 is 12.1 Å². The molecular formula is C13H12F3N3O. The van der Waals surface area contributed by atoms with Crippen LogP contribution in [0.3, 0.4) is 0 Å². The molecule has 0 fully saturated rings. The summed E-state index contributed by atoms with van der Waals surface area (Å²) in [5.41, 5.74) is 1.45. The number of carbonyl (C=O) groups excluding carboxylic acids is 1. The van der Waals surface area contributed by atoms with Crippen LogP contribution in [-0.4, -0.2) is 21.4 Å². The van der Waals surface area contributed by atoms with E-state index in [0.717, 1.165) is 5.56 Å². The molecule has 0 N–H and O–H groups in total. The third kappa shape index (κ3) is 2.66. The third-order valence-electron chi connectivity index (χ3n) is 2.92. The average molecular weight is 283 g/mol. The minimum absolute atomic E-state index is 0.0475. The molecular weight excluding hydrogens is 271 g/mol. The van der Waals surface area contributed by atoms with Crippen molar-refractivity contribution in [3.63, 3.8) is 0 Å². The summed E-state index contributed by atoms with van der Waals surface area (Å²) in [6.45, 7) is 0. The Bertz CT molecular complexity index is 696. The van der Waals surface area contributed by atoms with E-state index in [1.807, 2.05) is 30.3 Å². The maximum Gasteiger partial charge on any atom is 0.473 e. The molecule has 0 unspecified atom stereocenters. The highest BCUT2D eigenvalue weighted by molar-refractivity contribution is 5.82. The maximum absolute atomic E-state index is 12.2. The van der Waals surface area contributed by atoms with Crippen molar-refractivity contribution in [1.82, 2.24) is 9.36 Å². The van der Waals surface area contributed by atoms with Crippen LogP contribution in [0.4, 0.5) is 13.2 Å². The van der Waals surface area contributed by atoms with E-state index >= 15 is 0 Å². The Morgan fingerprint density at radius 2 is 1.70 bits per heavy atom. The zero-order valence-corrected chi connectivity index (χ0v) is 10.8. The Hall–Kier alpha value is -2.31. The molecule has 1 heterocycles. The molecule has 1 amide bonds. The van der Waals surface area contributed by atoms with Gasteiger partial charge in [0.25, 0.3) is 0 Å². The summed E-state index contributed by atoms with van der Waals surface area (Å²) in [7, 11) is 3.22. The number of hydrogen-bond acceptors (Lipinski definition) is 1. The number of carbonyl (C=O) groups is 1. The molecule has 0 atom stereocenters. The lowest BCUT2D eigenvalue weighted by Crippen LogP contribution is -2.26. The van der Waals surface area contributed by atoms with E-state index in [4.69, 9.17) is 0 Å². The van der Waals surface area contributed by atoms with Crippen molar-refractivity contribution in [2.45, 2.75) is 6.18 Å². The van der Waals surface area contributed by atoms with Crippen molar-refractivity contribution >= 4 is 5.91 Å². The number of alkyl halides is 3. The van der Waals surface area contributed by atoms with Gasteiger partial charge in [-0.05, 0) is 5.56 Å². The second-order valence-corrected chi connectivity index (χ2v) is 4.22. The molecule has 106 valence electrons. The number of halogens is 3. The van der Waals surface area contributed by atoms with Crippen LogP contribution in [0.25, 0.3) is 11.3 Å². The first kappa shape index (κ1) is 14.1. The quantitative estimate of drug-likeness (QED) is 0.789. The lowest BCUT2D eigenvalue weighted by molar-refractivity contribution is -0.169.